The van der Waals surface area contributed by atoms with Gasteiger partial charge in [0.15, 0.2) is 0 Å². The molecule has 0 aliphatic carbocycles. The number of hydrogen-bond acceptors (Lipinski definition) is 3. The van der Waals surface area contributed by atoms with E-state index in [9.17, 15) is 4.79 Å². The van der Waals surface area contributed by atoms with E-state index < -0.39 is 5.92 Å². The summed E-state index contributed by atoms with van der Waals surface area (Å²) in [7, 11) is 0. The van der Waals surface area contributed by atoms with Gasteiger partial charge in [-0.3, -0.25) is 4.79 Å². The molecule has 2 atom stereocenters. The molecule has 4 heteroatoms. The first-order chi connectivity index (χ1) is 7.65. The van der Waals surface area contributed by atoms with Gasteiger partial charge < -0.3 is 10.4 Å². The molecular formula is C12H22N2O2. The van der Waals surface area contributed by atoms with Crippen LogP contribution < -0.4 is 5.32 Å². The minimum absolute atomic E-state index is 0.166. The van der Waals surface area contributed by atoms with Gasteiger partial charge in [-0.25, -0.2) is 0 Å². The smallest absolute Gasteiger partial charge is 0.237 e. The third-order valence-corrected chi connectivity index (χ3v) is 2.53. The van der Waals surface area contributed by atoms with Crippen LogP contribution in [0.3, 0.4) is 0 Å². The summed E-state index contributed by atoms with van der Waals surface area (Å²) in [4.78, 5) is 11.5. The summed E-state index contributed by atoms with van der Waals surface area (Å²) in [5.74, 6) is -0.402. The maximum absolute atomic E-state index is 11.5. The van der Waals surface area contributed by atoms with Gasteiger partial charge in [0.2, 0.25) is 5.91 Å². The molecule has 0 radical (unpaired) electrons. The number of carbonyl (C=O) groups excluding carboxylic acids is 1. The van der Waals surface area contributed by atoms with Crippen LogP contribution in [0.2, 0.25) is 0 Å². The summed E-state index contributed by atoms with van der Waals surface area (Å²) >= 11 is 0. The third-order valence-electron chi connectivity index (χ3n) is 2.53. The van der Waals surface area contributed by atoms with E-state index in [0.29, 0.717) is 13.0 Å². The fourth-order valence-corrected chi connectivity index (χ4v) is 1.42. The van der Waals surface area contributed by atoms with Crippen LogP contribution in [0.4, 0.5) is 0 Å². The Morgan fingerprint density at radius 2 is 2.19 bits per heavy atom. The van der Waals surface area contributed by atoms with E-state index >= 15 is 0 Å². The number of carbonyl (C=O) groups is 1. The van der Waals surface area contributed by atoms with Gasteiger partial charge in [-0.15, -0.1) is 0 Å². The SMILES string of the molecule is CCCC(C#N)C(=O)NCCCC(C)CO. The summed E-state index contributed by atoms with van der Waals surface area (Å²) < 4.78 is 0. The fraction of sp³-hybridized carbons (Fsp3) is 0.833. The van der Waals surface area contributed by atoms with Crippen molar-refractivity contribution in [2.24, 2.45) is 11.8 Å². The molecule has 4 nitrogen and oxygen atoms in total. The number of nitrogens with zero attached hydrogens (tertiary/aromatic N) is 1. The first-order valence-electron chi connectivity index (χ1n) is 5.93. The standard InChI is InChI=1S/C12H22N2O2/c1-3-5-11(8-13)12(16)14-7-4-6-10(2)9-15/h10-11,15H,3-7,9H2,1-2H3,(H,14,16). The highest BCUT2D eigenvalue weighted by Gasteiger charge is 2.15. The zero-order valence-electron chi connectivity index (χ0n) is 10.2. The molecule has 0 spiro atoms. The zero-order valence-corrected chi connectivity index (χ0v) is 10.2. The van der Waals surface area contributed by atoms with Crippen molar-refractivity contribution >= 4 is 5.91 Å². The Balaban J connectivity index is 3.68. The minimum atomic E-state index is -0.514. The Hall–Kier alpha value is -1.08. The van der Waals surface area contributed by atoms with Gasteiger partial charge in [0.25, 0.3) is 0 Å². The quantitative estimate of drug-likeness (QED) is 0.615. The summed E-state index contributed by atoms with van der Waals surface area (Å²) in [6.07, 6.45) is 3.20. The lowest BCUT2D eigenvalue weighted by Crippen LogP contribution is -2.30. The number of nitriles is 1. The molecule has 92 valence electrons. The summed E-state index contributed by atoms with van der Waals surface area (Å²) in [6, 6.07) is 2.01. The van der Waals surface area contributed by atoms with Crippen LogP contribution in [0.25, 0.3) is 0 Å². The Bertz CT molecular complexity index is 236. The average Bonchev–Trinajstić information content (AvgIpc) is 2.30. The van der Waals surface area contributed by atoms with Gasteiger partial charge in [-0.05, 0) is 25.2 Å². The van der Waals surface area contributed by atoms with E-state index in [-0.39, 0.29) is 18.4 Å². The van der Waals surface area contributed by atoms with Crippen molar-refractivity contribution in [1.82, 2.24) is 5.32 Å². The molecule has 0 saturated heterocycles. The molecule has 0 bridgehead atoms. The predicted octanol–water partition coefficient (Wildman–Crippen LogP) is 1.45. The second-order valence-corrected chi connectivity index (χ2v) is 4.19. The topological polar surface area (TPSA) is 73.1 Å². The van der Waals surface area contributed by atoms with Crippen LogP contribution in [0.5, 0.6) is 0 Å². The van der Waals surface area contributed by atoms with Gasteiger partial charge in [-0.2, -0.15) is 5.26 Å². The van der Waals surface area contributed by atoms with Crippen molar-refractivity contribution in [3.8, 4) is 6.07 Å². The fourth-order valence-electron chi connectivity index (χ4n) is 1.42. The van der Waals surface area contributed by atoms with Crippen LogP contribution in [0.1, 0.15) is 39.5 Å². The molecule has 0 aromatic heterocycles. The largest absolute Gasteiger partial charge is 0.396 e. The lowest BCUT2D eigenvalue weighted by atomic mass is 10.0. The van der Waals surface area contributed by atoms with E-state index in [1.165, 1.54) is 0 Å². The Labute approximate surface area is 97.7 Å². The van der Waals surface area contributed by atoms with E-state index in [1.807, 2.05) is 19.9 Å². The zero-order chi connectivity index (χ0) is 12.4. The van der Waals surface area contributed by atoms with Crippen molar-refractivity contribution in [3.05, 3.63) is 0 Å². The molecule has 0 rings (SSSR count). The van der Waals surface area contributed by atoms with Gasteiger partial charge in [0, 0.05) is 13.2 Å². The van der Waals surface area contributed by atoms with Gasteiger partial charge in [0.1, 0.15) is 5.92 Å². The second kappa shape index (κ2) is 9.17. The van der Waals surface area contributed by atoms with Crippen molar-refractivity contribution in [2.75, 3.05) is 13.2 Å². The van der Waals surface area contributed by atoms with Crippen molar-refractivity contribution < 1.29 is 9.90 Å². The predicted molar refractivity (Wildman–Crippen MR) is 62.5 cm³/mol. The molecule has 2 N–H and O–H groups in total. The lowest BCUT2D eigenvalue weighted by Gasteiger charge is -2.10. The molecule has 0 aliphatic rings. The maximum Gasteiger partial charge on any atom is 0.237 e. The number of hydrogen-bond donors (Lipinski definition) is 2. The minimum Gasteiger partial charge on any atom is -0.396 e. The van der Waals surface area contributed by atoms with Crippen molar-refractivity contribution in [3.63, 3.8) is 0 Å². The molecule has 0 aromatic rings. The van der Waals surface area contributed by atoms with E-state index in [4.69, 9.17) is 10.4 Å². The number of aliphatic hydroxyl groups excluding tert-OH is 1. The van der Waals surface area contributed by atoms with E-state index in [2.05, 4.69) is 5.32 Å². The van der Waals surface area contributed by atoms with Crippen LogP contribution >= 0.6 is 0 Å². The number of rotatable bonds is 8. The Kier molecular flexibility index (Phi) is 8.55. The molecule has 0 fully saturated rings. The molecule has 1 amide bonds. The van der Waals surface area contributed by atoms with Crippen molar-refractivity contribution in [2.45, 2.75) is 39.5 Å². The molecular weight excluding hydrogens is 204 g/mol. The molecule has 0 heterocycles. The highest BCUT2D eigenvalue weighted by Crippen LogP contribution is 2.06. The average molecular weight is 226 g/mol. The van der Waals surface area contributed by atoms with Gasteiger partial charge in [0.05, 0.1) is 6.07 Å². The van der Waals surface area contributed by atoms with Gasteiger partial charge in [-0.1, -0.05) is 20.3 Å². The first kappa shape index (κ1) is 14.9. The second-order valence-electron chi connectivity index (χ2n) is 4.19. The molecule has 0 aromatic carbocycles. The van der Waals surface area contributed by atoms with Gasteiger partial charge >= 0.3 is 0 Å². The summed E-state index contributed by atoms with van der Waals surface area (Å²) in [6.45, 7) is 4.70. The van der Waals surface area contributed by atoms with E-state index in [0.717, 1.165) is 19.3 Å². The molecule has 16 heavy (non-hydrogen) atoms. The van der Waals surface area contributed by atoms with Crippen molar-refractivity contribution in [1.29, 1.82) is 5.26 Å². The van der Waals surface area contributed by atoms with Crippen LogP contribution in [0, 0.1) is 23.2 Å². The number of nitrogens with one attached hydrogen (secondary N) is 1. The first-order valence-corrected chi connectivity index (χ1v) is 5.93. The highest BCUT2D eigenvalue weighted by molar-refractivity contribution is 5.80. The summed E-state index contributed by atoms with van der Waals surface area (Å²) in [5.41, 5.74) is 0. The normalized spacial score (nSPS) is 13.9. The lowest BCUT2D eigenvalue weighted by molar-refractivity contribution is -0.123. The van der Waals surface area contributed by atoms with Crippen LogP contribution in [-0.2, 0) is 4.79 Å². The van der Waals surface area contributed by atoms with Crippen LogP contribution in [0.15, 0.2) is 0 Å². The Morgan fingerprint density at radius 3 is 2.69 bits per heavy atom. The maximum atomic E-state index is 11.5. The molecule has 2 unspecified atom stereocenters. The number of amides is 1. The molecule has 0 aliphatic heterocycles. The summed E-state index contributed by atoms with van der Waals surface area (Å²) in [5, 5.41) is 20.3. The van der Waals surface area contributed by atoms with Crippen LogP contribution in [-0.4, -0.2) is 24.2 Å². The molecule has 0 saturated carbocycles. The Morgan fingerprint density at radius 1 is 1.50 bits per heavy atom. The monoisotopic (exact) mass is 226 g/mol. The van der Waals surface area contributed by atoms with E-state index in [1.54, 1.807) is 0 Å². The number of aliphatic hydroxyl groups is 1. The third kappa shape index (κ3) is 6.41. The highest BCUT2D eigenvalue weighted by atomic mass is 16.3.